The van der Waals surface area contributed by atoms with Gasteiger partial charge in [-0.15, -0.1) is 0 Å². The third-order valence-corrected chi connectivity index (χ3v) is 6.96. The number of carbonyl (C=O) groups excluding carboxylic acids is 2. The summed E-state index contributed by atoms with van der Waals surface area (Å²) in [5, 5.41) is 4.40. The first-order valence-electron chi connectivity index (χ1n) is 11.5. The Kier molecular flexibility index (Phi) is 9.04. The average molecular weight is 491 g/mol. The third-order valence-electron chi connectivity index (χ3n) is 6.13. The van der Waals surface area contributed by atoms with E-state index in [2.05, 4.69) is 5.32 Å². The summed E-state index contributed by atoms with van der Waals surface area (Å²) >= 11 is 12.4. The Morgan fingerprint density at radius 3 is 2.39 bits per heavy atom. The first-order chi connectivity index (χ1) is 15.7. The van der Waals surface area contributed by atoms with E-state index in [0.717, 1.165) is 42.4 Å². The molecule has 2 aromatic rings. The van der Waals surface area contributed by atoms with Gasteiger partial charge < -0.3 is 15.0 Å². The summed E-state index contributed by atoms with van der Waals surface area (Å²) in [7, 11) is 0. The zero-order valence-electron chi connectivity index (χ0n) is 19.5. The van der Waals surface area contributed by atoms with Gasteiger partial charge in [-0.25, -0.2) is 0 Å². The van der Waals surface area contributed by atoms with Crippen molar-refractivity contribution in [2.45, 2.75) is 71.5 Å². The Hall–Kier alpha value is -2.24. The van der Waals surface area contributed by atoms with E-state index >= 15 is 0 Å². The highest BCUT2D eigenvalue weighted by Crippen LogP contribution is 2.26. The summed E-state index contributed by atoms with van der Waals surface area (Å²) in [6.45, 7) is 5.64. The van der Waals surface area contributed by atoms with Crippen molar-refractivity contribution in [2.75, 3.05) is 6.61 Å². The molecule has 1 saturated carbocycles. The molecule has 0 bridgehead atoms. The molecule has 1 N–H and O–H groups in total. The van der Waals surface area contributed by atoms with Gasteiger partial charge in [0.05, 0.1) is 0 Å². The summed E-state index contributed by atoms with van der Waals surface area (Å²) in [5.41, 5.74) is 2.62. The summed E-state index contributed by atoms with van der Waals surface area (Å²) in [6.07, 6.45) is 5.43. The predicted molar refractivity (Wildman–Crippen MR) is 133 cm³/mol. The molecule has 0 heterocycles. The number of nitrogens with zero attached hydrogens (tertiary/aromatic N) is 1. The molecule has 33 heavy (non-hydrogen) atoms. The van der Waals surface area contributed by atoms with Crippen LogP contribution in [-0.4, -0.2) is 35.4 Å². The van der Waals surface area contributed by atoms with E-state index in [4.69, 9.17) is 27.9 Å². The normalized spacial score (nSPS) is 15.1. The minimum Gasteiger partial charge on any atom is -0.484 e. The molecule has 1 aliphatic rings. The number of aryl methyl sites for hydroxylation is 2. The van der Waals surface area contributed by atoms with Crippen LogP contribution in [-0.2, 0) is 16.1 Å². The maximum absolute atomic E-state index is 13.2. The molecule has 0 aliphatic heterocycles. The highest BCUT2D eigenvalue weighted by atomic mass is 35.5. The van der Waals surface area contributed by atoms with Gasteiger partial charge in [0.2, 0.25) is 5.91 Å². The van der Waals surface area contributed by atoms with Crippen LogP contribution in [0, 0.1) is 13.8 Å². The zero-order valence-corrected chi connectivity index (χ0v) is 21.0. The Morgan fingerprint density at radius 1 is 1.09 bits per heavy atom. The molecular formula is C26H32Cl2N2O3. The molecular weight excluding hydrogens is 459 g/mol. The standard InChI is InChI=1S/C26H32Cl2N2O3/c1-17-12-23(13-18(2)25(17)28)33-16-24(31)30(15-20-8-7-9-21(27)14-20)19(3)26(32)29-22-10-5-4-6-11-22/h7-9,12-14,19,22H,4-6,10-11,15-16H2,1-3H3,(H,29,32). The van der Waals surface area contributed by atoms with Crippen LogP contribution < -0.4 is 10.1 Å². The number of carbonyl (C=O) groups is 2. The van der Waals surface area contributed by atoms with Gasteiger partial charge in [0, 0.05) is 22.6 Å². The first-order valence-corrected chi connectivity index (χ1v) is 12.2. The van der Waals surface area contributed by atoms with Crippen molar-refractivity contribution in [3.8, 4) is 5.75 Å². The van der Waals surface area contributed by atoms with Gasteiger partial charge in [-0.1, -0.05) is 54.6 Å². The van der Waals surface area contributed by atoms with Gasteiger partial charge in [0.1, 0.15) is 11.8 Å². The van der Waals surface area contributed by atoms with E-state index in [1.165, 1.54) is 6.42 Å². The molecule has 7 heteroatoms. The maximum atomic E-state index is 13.2. The second kappa shape index (κ2) is 11.8. The highest BCUT2D eigenvalue weighted by molar-refractivity contribution is 6.32. The molecule has 2 aromatic carbocycles. The van der Waals surface area contributed by atoms with Gasteiger partial charge in [-0.05, 0) is 74.6 Å². The molecule has 1 unspecified atom stereocenters. The quantitative estimate of drug-likeness (QED) is 0.504. The highest BCUT2D eigenvalue weighted by Gasteiger charge is 2.28. The minimum atomic E-state index is -0.643. The Bertz CT molecular complexity index is 966. The van der Waals surface area contributed by atoms with E-state index in [-0.39, 0.29) is 31.0 Å². The predicted octanol–water partition coefficient (Wildman–Crippen LogP) is 5.86. The number of rotatable bonds is 8. The minimum absolute atomic E-state index is 0.143. The average Bonchev–Trinajstić information content (AvgIpc) is 2.79. The largest absolute Gasteiger partial charge is 0.484 e. The number of hydrogen-bond donors (Lipinski definition) is 1. The molecule has 2 amide bonds. The smallest absolute Gasteiger partial charge is 0.261 e. The molecule has 0 radical (unpaired) electrons. The lowest BCUT2D eigenvalue weighted by Crippen LogP contribution is -2.51. The number of ether oxygens (including phenoxy) is 1. The molecule has 0 spiro atoms. The fraction of sp³-hybridized carbons (Fsp3) is 0.462. The first kappa shape index (κ1) is 25.4. The number of benzene rings is 2. The molecule has 3 rings (SSSR count). The van der Waals surface area contributed by atoms with Gasteiger partial charge in [-0.3, -0.25) is 9.59 Å². The fourth-order valence-corrected chi connectivity index (χ4v) is 4.52. The Labute approximate surface area is 206 Å². The molecule has 0 aromatic heterocycles. The van der Waals surface area contributed by atoms with E-state index in [0.29, 0.717) is 15.8 Å². The van der Waals surface area contributed by atoms with Crippen molar-refractivity contribution >= 4 is 35.0 Å². The van der Waals surface area contributed by atoms with Gasteiger partial charge in [0.25, 0.3) is 5.91 Å². The van der Waals surface area contributed by atoms with Crippen LogP contribution >= 0.6 is 23.2 Å². The van der Waals surface area contributed by atoms with Gasteiger partial charge in [-0.2, -0.15) is 0 Å². The zero-order chi connectivity index (χ0) is 24.0. The van der Waals surface area contributed by atoms with Gasteiger partial charge in [0.15, 0.2) is 6.61 Å². The monoisotopic (exact) mass is 490 g/mol. The number of amides is 2. The summed E-state index contributed by atoms with van der Waals surface area (Å²) < 4.78 is 5.80. The summed E-state index contributed by atoms with van der Waals surface area (Å²) in [4.78, 5) is 27.8. The van der Waals surface area contributed by atoms with Crippen molar-refractivity contribution in [1.29, 1.82) is 0 Å². The lowest BCUT2D eigenvalue weighted by atomic mass is 9.95. The third kappa shape index (κ3) is 7.12. The van der Waals surface area contributed by atoms with Crippen molar-refractivity contribution in [3.05, 3.63) is 63.1 Å². The van der Waals surface area contributed by atoms with Gasteiger partial charge >= 0.3 is 0 Å². The SMILES string of the molecule is Cc1cc(OCC(=O)N(Cc2cccc(Cl)c2)C(C)C(=O)NC2CCCCC2)cc(C)c1Cl. The second-order valence-electron chi connectivity index (χ2n) is 8.83. The Morgan fingerprint density at radius 2 is 1.76 bits per heavy atom. The van der Waals surface area contributed by atoms with Crippen LogP contribution in [0.25, 0.3) is 0 Å². The van der Waals surface area contributed by atoms with E-state index in [9.17, 15) is 9.59 Å². The lowest BCUT2D eigenvalue weighted by molar-refractivity contribution is -0.142. The number of halogens is 2. The molecule has 1 fully saturated rings. The Balaban J connectivity index is 1.73. The molecule has 1 atom stereocenters. The van der Waals surface area contributed by atoms with Crippen molar-refractivity contribution in [3.63, 3.8) is 0 Å². The maximum Gasteiger partial charge on any atom is 0.261 e. The summed E-state index contributed by atoms with van der Waals surface area (Å²) in [5.74, 6) is 0.159. The fourth-order valence-electron chi connectivity index (χ4n) is 4.20. The van der Waals surface area contributed by atoms with Crippen LogP contribution in [0.3, 0.4) is 0 Å². The van der Waals surface area contributed by atoms with E-state index < -0.39 is 6.04 Å². The molecule has 5 nitrogen and oxygen atoms in total. The molecule has 1 aliphatic carbocycles. The van der Waals surface area contributed by atoms with Crippen molar-refractivity contribution in [1.82, 2.24) is 10.2 Å². The van der Waals surface area contributed by atoms with Crippen LogP contribution in [0.1, 0.15) is 55.7 Å². The van der Waals surface area contributed by atoms with Crippen LogP contribution in [0.2, 0.25) is 10.0 Å². The number of hydrogen-bond acceptors (Lipinski definition) is 3. The second-order valence-corrected chi connectivity index (χ2v) is 9.65. The lowest BCUT2D eigenvalue weighted by Gasteiger charge is -2.31. The summed E-state index contributed by atoms with van der Waals surface area (Å²) in [6, 6.07) is 10.5. The van der Waals surface area contributed by atoms with E-state index in [1.54, 1.807) is 24.0 Å². The number of nitrogens with one attached hydrogen (secondary N) is 1. The molecule has 0 saturated heterocycles. The topological polar surface area (TPSA) is 58.6 Å². The van der Waals surface area contributed by atoms with Crippen LogP contribution in [0.4, 0.5) is 0 Å². The van der Waals surface area contributed by atoms with Crippen molar-refractivity contribution < 1.29 is 14.3 Å². The van der Waals surface area contributed by atoms with Crippen LogP contribution in [0.5, 0.6) is 5.75 Å². The van der Waals surface area contributed by atoms with Crippen LogP contribution in [0.15, 0.2) is 36.4 Å². The van der Waals surface area contributed by atoms with E-state index in [1.807, 2.05) is 38.1 Å². The van der Waals surface area contributed by atoms with Crippen molar-refractivity contribution in [2.24, 2.45) is 0 Å². The molecule has 178 valence electrons.